The number of methoxy groups -OCH3 is 1. The summed E-state index contributed by atoms with van der Waals surface area (Å²) in [6, 6.07) is 3.45. The van der Waals surface area contributed by atoms with Crippen molar-refractivity contribution in [3.63, 3.8) is 0 Å². The van der Waals surface area contributed by atoms with E-state index in [-0.39, 0.29) is 29.2 Å². The second-order valence-corrected chi connectivity index (χ2v) is 5.52. The molecule has 0 aliphatic rings. The maximum atomic E-state index is 12.0. The summed E-state index contributed by atoms with van der Waals surface area (Å²) in [5.41, 5.74) is 4.71. The van der Waals surface area contributed by atoms with Crippen LogP contribution in [0.5, 0.6) is 5.75 Å². The maximum Gasteiger partial charge on any atom is 0.335 e. The first-order valence-electron chi connectivity index (χ1n) is 5.47. The van der Waals surface area contributed by atoms with Crippen LogP contribution >= 0.6 is 0 Å². The van der Waals surface area contributed by atoms with Crippen molar-refractivity contribution in [3.05, 3.63) is 23.8 Å². The van der Waals surface area contributed by atoms with Crippen LogP contribution in [0.25, 0.3) is 0 Å². The molecule has 110 valence electrons. The summed E-state index contributed by atoms with van der Waals surface area (Å²) in [6.45, 7) is -0.182. The van der Waals surface area contributed by atoms with Crippen molar-refractivity contribution in [2.45, 2.75) is 11.3 Å². The first-order valence-corrected chi connectivity index (χ1v) is 6.95. The number of carboxylic acids is 1. The molecule has 1 aromatic rings. The average molecular weight is 302 g/mol. The lowest BCUT2D eigenvalue weighted by atomic mass is 10.2. The summed E-state index contributed by atoms with van der Waals surface area (Å²) in [4.78, 5) is 21.1. The van der Waals surface area contributed by atoms with Crippen LogP contribution in [0.15, 0.2) is 23.1 Å². The van der Waals surface area contributed by atoms with E-state index in [0.29, 0.717) is 0 Å². The third kappa shape index (κ3) is 3.93. The Hall–Kier alpha value is -2.13. The number of carboxylic acid groups (broad SMARTS) is 1. The minimum atomic E-state index is -4.00. The molecular weight excluding hydrogens is 288 g/mol. The number of hydrogen-bond donors (Lipinski definition) is 3. The molecule has 0 saturated heterocycles. The molecular formula is C11H14N2O6S. The van der Waals surface area contributed by atoms with Crippen molar-refractivity contribution >= 4 is 21.9 Å². The fraction of sp³-hybridized carbons (Fsp3) is 0.273. The lowest BCUT2D eigenvalue weighted by Crippen LogP contribution is -2.28. The summed E-state index contributed by atoms with van der Waals surface area (Å²) >= 11 is 0. The highest BCUT2D eigenvalue weighted by atomic mass is 32.2. The minimum absolute atomic E-state index is 0.00146. The second kappa shape index (κ2) is 6.35. The van der Waals surface area contributed by atoms with Crippen LogP contribution in [0.4, 0.5) is 0 Å². The number of hydrogen-bond acceptors (Lipinski definition) is 5. The molecule has 0 aromatic heterocycles. The number of sulfonamides is 1. The van der Waals surface area contributed by atoms with Gasteiger partial charge in [0.05, 0.1) is 12.7 Å². The van der Waals surface area contributed by atoms with Gasteiger partial charge < -0.3 is 15.6 Å². The molecule has 4 N–H and O–H groups in total. The van der Waals surface area contributed by atoms with Crippen molar-refractivity contribution < 1.29 is 27.9 Å². The van der Waals surface area contributed by atoms with Gasteiger partial charge in [0.1, 0.15) is 10.6 Å². The third-order valence-electron chi connectivity index (χ3n) is 2.36. The summed E-state index contributed by atoms with van der Waals surface area (Å²) in [5, 5.41) is 8.87. The van der Waals surface area contributed by atoms with Crippen LogP contribution in [0.3, 0.4) is 0 Å². The number of amides is 1. The number of aromatic carboxylic acids is 1. The molecule has 0 heterocycles. The molecule has 9 heteroatoms. The Kier molecular flexibility index (Phi) is 5.06. The molecule has 8 nitrogen and oxygen atoms in total. The number of carbonyl (C=O) groups is 2. The number of nitrogens with two attached hydrogens (primary N) is 1. The van der Waals surface area contributed by atoms with Crippen molar-refractivity contribution in [2.24, 2.45) is 5.73 Å². The van der Waals surface area contributed by atoms with Gasteiger partial charge in [0.25, 0.3) is 0 Å². The third-order valence-corrected chi connectivity index (χ3v) is 3.85. The van der Waals surface area contributed by atoms with Gasteiger partial charge in [0, 0.05) is 13.0 Å². The van der Waals surface area contributed by atoms with Gasteiger partial charge in [-0.05, 0) is 18.2 Å². The Morgan fingerprint density at radius 1 is 1.40 bits per heavy atom. The molecule has 0 saturated carbocycles. The van der Waals surface area contributed by atoms with E-state index in [1.165, 1.54) is 19.2 Å². The molecule has 0 bridgehead atoms. The van der Waals surface area contributed by atoms with Gasteiger partial charge in [-0.1, -0.05) is 0 Å². The van der Waals surface area contributed by atoms with Gasteiger partial charge in [-0.3, -0.25) is 4.79 Å². The quantitative estimate of drug-likeness (QED) is 0.624. The van der Waals surface area contributed by atoms with E-state index in [0.717, 1.165) is 6.07 Å². The molecule has 1 aromatic carbocycles. The van der Waals surface area contributed by atoms with E-state index in [1.807, 2.05) is 0 Å². The highest BCUT2D eigenvalue weighted by Gasteiger charge is 2.21. The maximum absolute atomic E-state index is 12.0. The van der Waals surface area contributed by atoms with Gasteiger partial charge >= 0.3 is 5.97 Å². The predicted octanol–water partition coefficient (Wildman–Crippen LogP) is -0.453. The van der Waals surface area contributed by atoms with Crippen LogP contribution < -0.4 is 15.2 Å². The van der Waals surface area contributed by atoms with Gasteiger partial charge in [0.2, 0.25) is 15.9 Å². The van der Waals surface area contributed by atoms with Crippen LogP contribution in [0.1, 0.15) is 16.8 Å². The molecule has 20 heavy (non-hydrogen) atoms. The molecule has 1 rings (SSSR count). The summed E-state index contributed by atoms with van der Waals surface area (Å²) in [7, 11) is -2.74. The molecule has 0 fully saturated rings. The first kappa shape index (κ1) is 15.9. The van der Waals surface area contributed by atoms with Crippen molar-refractivity contribution in [1.82, 2.24) is 4.72 Å². The SMILES string of the molecule is COc1ccc(C(=O)O)cc1S(=O)(=O)NCCC(N)=O. The normalized spacial score (nSPS) is 11.1. The van der Waals surface area contributed by atoms with Crippen molar-refractivity contribution in [3.8, 4) is 5.75 Å². The minimum Gasteiger partial charge on any atom is -0.495 e. The average Bonchev–Trinajstić information content (AvgIpc) is 2.37. The Morgan fingerprint density at radius 3 is 2.55 bits per heavy atom. The lowest BCUT2D eigenvalue weighted by molar-refractivity contribution is -0.117. The number of carbonyl (C=O) groups excluding carboxylic acids is 1. The smallest absolute Gasteiger partial charge is 0.335 e. The van der Waals surface area contributed by atoms with Gasteiger partial charge in [-0.25, -0.2) is 17.9 Å². The summed E-state index contributed by atoms with van der Waals surface area (Å²) in [6.07, 6.45) is -0.167. The molecule has 0 spiro atoms. The van der Waals surface area contributed by atoms with E-state index < -0.39 is 21.9 Å². The first-order chi connectivity index (χ1) is 9.27. The predicted molar refractivity (Wildman–Crippen MR) is 69.0 cm³/mol. The molecule has 0 aliphatic heterocycles. The summed E-state index contributed by atoms with van der Waals surface area (Å²) < 4.78 is 31.1. The van der Waals surface area contributed by atoms with Gasteiger partial charge in [0.15, 0.2) is 0 Å². The van der Waals surface area contributed by atoms with E-state index >= 15 is 0 Å². The van der Waals surface area contributed by atoms with Crippen molar-refractivity contribution in [1.29, 1.82) is 0 Å². The molecule has 0 atom stereocenters. The van der Waals surface area contributed by atoms with Crippen LogP contribution in [-0.4, -0.2) is 39.1 Å². The highest BCUT2D eigenvalue weighted by molar-refractivity contribution is 7.89. The van der Waals surface area contributed by atoms with Crippen molar-refractivity contribution in [2.75, 3.05) is 13.7 Å². The number of nitrogens with one attached hydrogen (secondary N) is 1. The Bertz CT molecular complexity index is 626. The second-order valence-electron chi connectivity index (χ2n) is 3.78. The molecule has 1 amide bonds. The summed E-state index contributed by atoms with van der Waals surface area (Å²) in [5.74, 6) is -1.92. The monoisotopic (exact) mass is 302 g/mol. The lowest BCUT2D eigenvalue weighted by Gasteiger charge is -2.11. The highest BCUT2D eigenvalue weighted by Crippen LogP contribution is 2.24. The fourth-order valence-corrected chi connectivity index (χ4v) is 2.63. The number of rotatable bonds is 7. The topological polar surface area (TPSA) is 136 Å². The molecule has 0 radical (unpaired) electrons. The fourth-order valence-electron chi connectivity index (χ4n) is 1.41. The van der Waals surface area contributed by atoms with E-state index in [4.69, 9.17) is 15.6 Å². The number of ether oxygens (including phenoxy) is 1. The largest absolute Gasteiger partial charge is 0.495 e. The zero-order chi connectivity index (χ0) is 15.3. The van der Waals surface area contributed by atoms with Crippen LogP contribution in [0, 0.1) is 0 Å². The van der Waals surface area contributed by atoms with E-state index in [2.05, 4.69) is 4.72 Å². The van der Waals surface area contributed by atoms with Crippen LogP contribution in [-0.2, 0) is 14.8 Å². The van der Waals surface area contributed by atoms with E-state index in [9.17, 15) is 18.0 Å². The molecule has 0 unspecified atom stereocenters. The standard InChI is InChI=1S/C11H14N2O6S/c1-19-8-3-2-7(11(15)16)6-9(8)20(17,18)13-5-4-10(12)14/h2-3,6,13H,4-5H2,1H3,(H2,12,14)(H,15,16). The van der Waals surface area contributed by atoms with E-state index in [1.54, 1.807) is 0 Å². The zero-order valence-corrected chi connectivity index (χ0v) is 11.4. The zero-order valence-electron chi connectivity index (χ0n) is 10.6. The van der Waals surface area contributed by atoms with Crippen LogP contribution in [0.2, 0.25) is 0 Å². The molecule has 0 aliphatic carbocycles. The number of primary amides is 1. The Balaban J connectivity index is 3.11. The Labute approximate surface area is 115 Å². The Morgan fingerprint density at radius 2 is 2.05 bits per heavy atom. The van der Waals surface area contributed by atoms with Gasteiger partial charge in [-0.2, -0.15) is 0 Å². The number of benzene rings is 1. The van der Waals surface area contributed by atoms with Gasteiger partial charge in [-0.15, -0.1) is 0 Å².